The van der Waals surface area contributed by atoms with Crippen molar-refractivity contribution in [1.29, 1.82) is 0 Å². The Bertz CT molecular complexity index is 1380. The van der Waals surface area contributed by atoms with Gasteiger partial charge in [0.1, 0.15) is 5.82 Å². The van der Waals surface area contributed by atoms with Gasteiger partial charge < -0.3 is 15.5 Å². The normalized spacial score (nSPS) is 21.0. The predicted molar refractivity (Wildman–Crippen MR) is 132 cm³/mol. The van der Waals surface area contributed by atoms with Crippen LogP contribution in [0.4, 0.5) is 5.82 Å². The van der Waals surface area contributed by atoms with Gasteiger partial charge in [0.2, 0.25) is 0 Å². The van der Waals surface area contributed by atoms with Crippen molar-refractivity contribution in [3.63, 3.8) is 0 Å². The molecule has 1 aromatic carbocycles. The van der Waals surface area contributed by atoms with E-state index in [0.29, 0.717) is 5.56 Å². The monoisotopic (exact) mass is 455 g/mol. The van der Waals surface area contributed by atoms with Crippen LogP contribution >= 0.6 is 0 Å². The summed E-state index contributed by atoms with van der Waals surface area (Å²) in [5, 5.41) is 5.84. The van der Waals surface area contributed by atoms with Crippen molar-refractivity contribution < 1.29 is 4.79 Å². The molecular formula is C26H29N7O. The summed E-state index contributed by atoms with van der Waals surface area (Å²) in [5.74, 6) is 1.02. The Morgan fingerprint density at radius 3 is 2.88 bits per heavy atom. The van der Waals surface area contributed by atoms with E-state index in [0.717, 1.165) is 78.9 Å². The number of likely N-dealkylation sites (tertiary alicyclic amines) is 1. The van der Waals surface area contributed by atoms with Gasteiger partial charge in [0.15, 0.2) is 5.65 Å². The number of benzene rings is 1. The number of nitrogens with two attached hydrogens (primary N) is 1. The molecule has 0 bridgehead atoms. The molecule has 0 radical (unpaired) electrons. The molecular weight excluding hydrogens is 426 g/mol. The number of aromatic nitrogens is 4. The molecule has 2 fully saturated rings. The van der Waals surface area contributed by atoms with E-state index in [4.69, 9.17) is 15.8 Å². The van der Waals surface area contributed by atoms with Gasteiger partial charge in [-0.25, -0.2) is 9.50 Å². The maximum absolute atomic E-state index is 13.6. The number of rotatable bonds is 3. The maximum atomic E-state index is 13.6. The van der Waals surface area contributed by atoms with Gasteiger partial charge in [-0.2, -0.15) is 5.10 Å². The Morgan fingerprint density at radius 1 is 1.12 bits per heavy atom. The van der Waals surface area contributed by atoms with Gasteiger partial charge in [-0.15, -0.1) is 0 Å². The molecule has 0 saturated carbocycles. The molecule has 174 valence electrons. The fourth-order valence-electron chi connectivity index (χ4n) is 5.34. The minimum Gasteiger partial charge on any atom is -0.355 e. The summed E-state index contributed by atoms with van der Waals surface area (Å²) in [6, 6.07) is 11.8. The Hall–Kier alpha value is -3.52. The van der Waals surface area contributed by atoms with Crippen LogP contribution < -0.4 is 10.6 Å². The van der Waals surface area contributed by atoms with E-state index in [9.17, 15) is 4.79 Å². The van der Waals surface area contributed by atoms with E-state index in [1.54, 1.807) is 6.20 Å². The minimum atomic E-state index is -0.0588. The van der Waals surface area contributed by atoms with Crippen LogP contribution in [0.15, 0.2) is 48.8 Å². The standard InChI is InChI=1S/C26H29N7O/c1-17-15-33-24(29-25(17)31-12-9-20(27)16-31)14-22(30-33)23-6-2-3-11-32(23)26(34)19-7-8-21-18(13-19)5-4-10-28-21/h4-5,7-8,10,13-15,20,23H,2-3,6,9,11-12,16,27H2,1H3/t20?,23-/m0/s1. The number of aryl methyl sites for hydroxylation is 1. The topological polar surface area (TPSA) is 92.6 Å². The van der Waals surface area contributed by atoms with Crippen molar-refractivity contribution >= 4 is 28.3 Å². The summed E-state index contributed by atoms with van der Waals surface area (Å²) in [6.45, 7) is 4.55. The molecule has 0 spiro atoms. The smallest absolute Gasteiger partial charge is 0.254 e. The molecule has 3 aromatic heterocycles. The second kappa shape index (κ2) is 8.36. The SMILES string of the molecule is Cc1cn2nc([C@@H]3CCCCN3C(=O)c3ccc4ncccc4c3)cc2nc1N1CCC(N)C1. The molecule has 0 aliphatic carbocycles. The van der Waals surface area contributed by atoms with Crippen LogP contribution in [-0.4, -0.2) is 56.1 Å². The zero-order valence-corrected chi connectivity index (χ0v) is 19.4. The first-order chi connectivity index (χ1) is 16.6. The number of hydrogen-bond donors (Lipinski definition) is 1. The number of hydrogen-bond acceptors (Lipinski definition) is 6. The Kier molecular flexibility index (Phi) is 5.17. The summed E-state index contributed by atoms with van der Waals surface area (Å²) < 4.78 is 1.85. The lowest BCUT2D eigenvalue weighted by Gasteiger charge is -2.34. The first-order valence-corrected chi connectivity index (χ1v) is 12.1. The predicted octanol–water partition coefficient (Wildman–Crippen LogP) is 3.49. The lowest BCUT2D eigenvalue weighted by molar-refractivity contribution is 0.0606. The van der Waals surface area contributed by atoms with Crippen molar-refractivity contribution in [3.05, 3.63) is 65.6 Å². The van der Waals surface area contributed by atoms with Crippen molar-refractivity contribution in [2.75, 3.05) is 24.5 Å². The van der Waals surface area contributed by atoms with Crippen molar-refractivity contribution in [2.24, 2.45) is 5.73 Å². The summed E-state index contributed by atoms with van der Waals surface area (Å²) in [4.78, 5) is 27.1. The Morgan fingerprint density at radius 2 is 2.03 bits per heavy atom. The highest BCUT2D eigenvalue weighted by atomic mass is 16.2. The number of fused-ring (bicyclic) bond motifs is 2. The average Bonchev–Trinajstić information content (AvgIpc) is 3.48. The van der Waals surface area contributed by atoms with Gasteiger partial charge in [0.05, 0.1) is 17.3 Å². The molecule has 6 rings (SSSR count). The highest BCUT2D eigenvalue weighted by molar-refractivity contribution is 5.98. The fourth-order valence-corrected chi connectivity index (χ4v) is 5.34. The lowest BCUT2D eigenvalue weighted by atomic mass is 9.98. The number of pyridine rings is 1. The maximum Gasteiger partial charge on any atom is 0.254 e. The van der Waals surface area contributed by atoms with Crippen LogP contribution in [0.1, 0.15) is 53.3 Å². The molecule has 4 aromatic rings. The van der Waals surface area contributed by atoms with Crippen LogP contribution in [0.2, 0.25) is 0 Å². The Balaban J connectivity index is 1.33. The fraction of sp³-hybridized carbons (Fsp3) is 0.385. The van der Waals surface area contributed by atoms with Crippen LogP contribution in [0, 0.1) is 6.92 Å². The molecule has 1 amide bonds. The number of piperidine rings is 1. The number of anilines is 1. The lowest BCUT2D eigenvalue weighted by Crippen LogP contribution is -2.38. The first kappa shape index (κ1) is 21.0. The van der Waals surface area contributed by atoms with E-state index < -0.39 is 0 Å². The molecule has 2 aliphatic rings. The summed E-state index contributed by atoms with van der Waals surface area (Å²) in [5.41, 5.74) is 10.5. The van der Waals surface area contributed by atoms with E-state index >= 15 is 0 Å². The molecule has 2 atom stereocenters. The van der Waals surface area contributed by atoms with Gasteiger partial charge in [0, 0.05) is 60.6 Å². The average molecular weight is 456 g/mol. The van der Waals surface area contributed by atoms with Crippen LogP contribution in [0.25, 0.3) is 16.6 Å². The number of amides is 1. The molecule has 8 heteroatoms. The van der Waals surface area contributed by atoms with E-state index in [1.807, 2.05) is 52.0 Å². The molecule has 2 aliphatic heterocycles. The first-order valence-electron chi connectivity index (χ1n) is 12.1. The molecule has 8 nitrogen and oxygen atoms in total. The van der Waals surface area contributed by atoms with Crippen molar-refractivity contribution in [2.45, 2.75) is 44.7 Å². The summed E-state index contributed by atoms with van der Waals surface area (Å²) in [6.07, 6.45) is 7.77. The third kappa shape index (κ3) is 3.68. The van der Waals surface area contributed by atoms with Crippen LogP contribution in [-0.2, 0) is 0 Å². The zero-order chi connectivity index (χ0) is 23.2. The Labute approximate surface area is 198 Å². The highest BCUT2D eigenvalue weighted by Crippen LogP contribution is 2.33. The molecule has 5 heterocycles. The zero-order valence-electron chi connectivity index (χ0n) is 19.4. The molecule has 34 heavy (non-hydrogen) atoms. The largest absolute Gasteiger partial charge is 0.355 e. The number of carbonyl (C=O) groups excluding carboxylic acids is 1. The molecule has 2 N–H and O–H groups in total. The quantitative estimate of drug-likeness (QED) is 0.508. The van der Waals surface area contributed by atoms with E-state index in [2.05, 4.69) is 16.8 Å². The third-order valence-corrected chi connectivity index (χ3v) is 7.10. The van der Waals surface area contributed by atoms with Crippen molar-refractivity contribution in [3.8, 4) is 0 Å². The van der Waals surface area contributed by atoms with Gasteiger partial charge in [-0.3, -0.25) is 9.78 Å². The van der Waals surface area contributed by atoms with Crippen molar-refractivity contribution in [1.82, 2.24) is 24.5 Å². The molecule has 2 saturated heterocycles. The second-order valence-electron chi connectivity index (χ2n) is 9.54. The van der Waals surface area contributed by atoms with Gasteiger partial charge in [-0.1, -0.05) is 6.07 Å². The van der Waals surface area contributed by atoms with E-state index in [1.165, 1.54) is 0 Å². The van der Waals surface area contributed by atoms with Crippen LogP contribution in [0.5, 0.6) is 0 Å². The number of nitrogens with zero attached hydrogens (tertiary/aromatic N) is 6. The van der Waals surface area contributed by atoms with Gasteiger partial charge in [-0.05, 0) is 56.9 Å². The van der Waals surface area contributed by atoms with Gasteiger partial charge in [0.25, 0.3) is 5.91 Å². The second-order valence-corrected chi connectivity index (χ2v) is 9.54. The van der Waals surface area contributed by atoms with Crippen LogP contribution in [0.3, 0.4) is 0 Å². The number of carbonyl (C=O) groups is 1. The van der Waals surface area contributed by atoms with Gasteiger partial charge >= 0.3 is 0 Å². The summed E-state index contributed by atoms with van der Waals surface area (Å²) in [7, 11) is 0. The van der Waals surface area contributed by atoms with E-state index in [-0.39, 0.29) is 18.0 Å². The summed E-state index contributed by atoms with van der Waals surface area (Å²) >= 11 is 0. The highest BCUT2D eigenvalue weighted by Gasteiger charge is 2.31. The minimum absolute atomic E-state index is 0.0448. The molecule has 1 unspecified atom stereocenters. The third-order valence-electron chi connectivity index (χ3n) is 7.10.